The van der Waals surface area contributed by atoms with Crippen LogP contribution in [0.1, 0.15) is 33.1 Å². The lowest BCUT2D eigenvalue weighted by Gasteiger charge is -2.46. The minimum Gasteiger partial charge on any atom is -0.480 e. The van der Waals surface area contributed by atoms with E-state index < -0.39 is 27.9 Å². The Kier molecular flexibility index (Phi) is 3.74. The molecule has 20 heavy (non-hydrogen) atoms. The summed E-state index contributed by atoms with van der Waals surface area (Å²) in [5.74, 6) is -1.08. The van der Waals surface area contributed by atoms with E-state index in [9.17, 15) is 19.3 Å². The van der Waals surface area contributed by atoms with Gasteiger partial charge in [0.2, 0.25) is 5.75 Å². The van der Waals surface area contributed by atoms with E-state index in [1.165, 1.54) is 12.1 Å². The van der Waals surface area contributed by atoms with Crippen molar-refractivity contribution in [2.24, 2.45) is 5.41 Å². The van der Waals surface area contributed by atoms with Gasteiger partial charge in [-0.15, -0.1) is 0 Å². The molecule has 0 N–H and O–H groups in total. The number of nitro benzene ring substituents is 1. The number of rotatable bonds is 5. The van der Waals surface area contributed by atoms with E-state index in [1.54, 1.807) is 0 Å². The standard InChI is InChI=1S/C14H16FNO4/c1-3-14(4-2)11(17)8-12(14)20-13-9(15)6-5-7-10(13)16(18)19/h5-7,12H,3-4,8H2,1-2H3. The van der Waals surface area contributed by atoms with Crippen LogP contribution >= 0.6 is 0 Å². The third kappa shape index (κ3) is 2.05. The zero-order valence-electron chi connectivity index (χ0n) is 11.4. The molecule has 0 aromatic heterocycles. The van der Waals surface area contributed by atoms with E-state index in [2.05, 4.69) is 0 Å². The van der Waals surface area contributed by atoms with Crippen LogP contribution in [0, 0.1) is 21.3 Å². The summed E-state index contributed by atoms with van der Waals surface area (Å²) in [5.41, 5.74) is -1.05. The van der Waals surface area contributed by atoms with Crippen molar-refractivity contribution in [1.29, 1.82) is 0 Å². The molecule has 1 aromatic carbocycles. The van der Waals surface area contributed by atoms with Gasteiger partial charge in [0.25, 0.3) is 0 Å². The van der Waals surface area contributed by atoms with Crippen LogP contribution in [-0.4, -0.2) is 16.8 Å². The molecular formula is C14H16FNO4. The van der Waals surface area contributed by atoms with Crippen molar-refractivity contribution >= 4 is 11.5 Å². The topological polar surface area (TPSA) is 69.4 Å². The van der Waals surface area contributed by atoms with Crippen molar-refractivity contribution in [2.75, 3.05) is 0 Å². The molecule has 0 heterocycles. The number of hydrogen-bond acceptors (Lipinski definition) is 4. The highest BCUT2D eigenvalue weighted by Gasteiger charge is 2.54. The van der Waals surface area contributed by atoms with Crippen LogP contribution in [0.3, 0.4) is 0 Å². The fourth-order valence-electron chi connectivity index (χ4n) is 2.77. The molecule has 0 bridgehead atoms. The van der Waals surface area contributed by atoms with Crippen molar-refractivity contribution in [3.8, 4) is 5.75 Å². The second-order valence-electron chi connectivity index (χ2n) is 4.94. The van der Waals surface area contributed by atoms with Gasteiger partial charge in [-0.05, 0) is 18.9 Å². The highest BCUT2D eigenvalue weighted by molar-refractivity contribution is 5.92. The van der Waals surface area contributed by atoms with E-state index in [-0.39, 0.29) is 18.0 Å². The van der Waals surface area contributed by atoms with Crippen molar-refractivity contribution in [3.05, 3.63) is 34.1 Å². The number of hydrogen-bond donors (Lipinski definition) is 0. The lowest BCUT2D eigenvalue weighted by atomic mass is 9.61. The van der Waals surface area contributed by atoms with Crippen LogP contribution < -0.4 is 4.74 Å². The molecule has 1 aliphatic carbocycles. The van der Waals surface area contributed by atoms with Gasteiger partial charge in [0.1, 0.15) is 11.9 Å². The Balaban J connectivity index is 2.32. The first-order valence-electron chi connectivity index (χ1n) is 6.59. The van der Waals surface area contributed by atoms with Crippen LogP contribution in [0.25, 0.3) is 0 Å². The Morgan fingerprint density at radius 3 is 2.60 bits per heavy atom. The van der Waals surface area contributed by atoms with Crippen LogP contribution in [0.15, 0.2) is 18.2 Å². The highest BCUT2D eigenvalue weighted by Crippen LogP contribution is 2.47. The number of ether oxygens (including phenoxy) is 1. The maximum Gasteiger partial charge on any atom is 0.314 e. The van der Waals surface area contributed by atoms with Gasteiger partial charge in [0.05, 0.1) is 10.3 Å². The van der Waals surface area contributed by atoms with Gasteiger partial charge in [0, 0.05) is 12.5 Å². The Morgan fingerprint density at radius 2 is 2.10 bits per heavy atom. The third-order valence-corrected chi connectivity index (χ3v) is 4.21. The van der Waals surface area contributed by atoms with Gasteiger partial charge in [-0.2, -0.15) is 0 Å². The molecule has 0 amide bonds. The van der Waals surface area contributed by atoms with Gasteiger partial charge in [-0.3, -0.25) is 14.9 Å². The molecule has 5 nitrogen and oxygen atoms in total. The summed E-state index contributed by atoms with van der Waals surface area (Å²) >= 11 is 0. The summed E-state index contributed by atoms with van der Waals surface area (Å²) in [6, 6.07) is 3.57. The Hall–Kier alpha value is -1.98. The quantitative estimate of drug-likeness (QED) is 0.613. The van der Waals surface area contributed by atoms with Crippen molar-refractivity contribution < 1.29 is 18.8 Å². The largest absolute Gasteiger partial charge is 0.480 e. The van der Waals surface area contributed by atoms with Gasteiger partial charge >= 0.3 is 5.69 Å². The van der Waals surface area contributed by atoms with Gasteiger partial charge in [-0.1, -0.05) is 19.9 Å². The fourth-order valence-corrected chi connectivity index (χ4v) is 2.77. The second-order valence-corrected chi connectivity index (χ2v) is 4.94. The molecule has 1 aliphatic rings. The SMILES string of the molecule is CCC1(CC)C(=O)CC1Oc1c(F)cccc1[N+](=O)[O-]. The van der Waals surface area contributed by atoms with Crippen LogP contribution in [0.5, 0.6) is 5.75 Å². The molecule has 1 aromatic rings. The van der Waals surface area contributed by atoms with Crippen molar-refractivity contribution in [2.45, 2.75) is 39.2 Å². The van der Waals surface area contributed by atoms with Crippen molar-refractivity contribution in [3.63, 3.8) is 0 Å². The predicted octanol–water partition coefficient (Wildman–Crippen LogP) is 3.26. The minimum atomic E-state index is -0.778. The van der Waals surface area contributed by atoms with E-state index in [0.29, 0.717) is 12.8 Å². The monoisotopic (exact) mass is 281 g/mol. The zero-order chi connectivity index (χ0) is 14.9. The molecule has 0 aliphatic heterocycles. The lowest BCUT2D eigenvalue weighted by Crippen LogP contribution is -2.56. The highest BCUT2D eigenvalue weighted by atomic mass is 19.1. The summed E-state index contributed by atoms with van der Waals surface area (Å²) in [6.07, 6.45) is 0.832. The smallest absolute Gasteiger partial charge is 0.314 e. The lowest BCUT2D eigenvalue weighted by molar-refractivity contribution is -0.386. The average Bonchev–Trinajstić information content (AvgIpc) is 2.41. The summed E-state index contributed by atoms with van der Waals surface area (Å²) in [7, 11) is 0. The average molecular weight is 281 g/mol. The predicted molar refractivity (Wildman–Crippen MR) is 70.1 cm³/mol. The first-order valence-corrected chi connectivity index (χ1v) is 6.59. The number of para-hydroxylation sites is 1. The number of benzene rings is 1. The number of nitro groups is 1. The Labute approximate surface area is 115 Å². The normalized spacial score (nSPS) is 20.4. The van der Waals surface area contributed by atoms with E-state index >= 15 is 0 Å². The maximum atomic E-state index is 13.8. The number of Topliss-reactive ketones (excluding diaryl/α,β-unsaturated/α-hetero) is 1. The summed E-state index contributed by atoms with van der Waals surface area (Å²) in [4.78, 5) is 22.0. The number of halogens is 1. The molecule has 1 saturated carbocycles. The maximum absolute atomic E-state index is 13.8. The summed E-state index contributed by atoms with van der Waals surface area (Å²) in [6.45, 7) is 3.74. The minimum absolute atomic E-state index is 0.0755. The molecule has 108 valence electrons. The van der Waals surface area contributed by atoms with Gasteiger partial charge in [-0.25, -0.2) is 4.39 Å². The zero-order valence-corrected chi connectivity index (χ0v) is 11.4. The van der Waals surface area contributed by atoms with Crippen LogP contribution in [0.4, 0.5) is 10.1 Å². The number of nitrogens with zero attached hydrogens (tertiary/aromatic N) is 1. The molecule has 0 radical (unpaired) electrons. The Bertz CT molecular complexity index is 554. The first-order chi connectivity index (χ1) is 9.46. The molecule has 1 unspecified atom stereocenters. The number of carbonyl (C=O) groups excluding carboxylic acids is 1. The molecule has 0 spiro atoms. The molecular weight excluding hydrogens is 265 g/mol. The third-order valence-electron chi connectivity index (χ3n) is 4.21. The summed E-state index contributed by atoms with van der Waals surface area (Å²) < 4.78 is 19.3. The first kappa shape index (κ1) is 14.4. The fraction of sp³-hybridized carbons (Fsp3) is 0.500. The molecule has 2 rings (SSSR count). The van der Waals surface area contributed by atoms with Gasteiger partial charge < -0.3 is 4.74 Å². The molecule has 0 saturated heterocycles. The van der Waals surface area contributed by atoms with E-state index in [1.807, 2.05) is 13.8 Å². The Morgan fingerprint density at radius 1 is 1.45 bits per heavy atom. The van der Waals surface area contributed by atoms with Crippen LogP contribution in [0.2, 0.25) is 0 Å². The molecule has 1 atom stereocenters. The second kappa shape index (κ2) is 5.19. The van der Waals surface area contributed by atoms with E-state index in [0.717, 1.165) is 6.07 Å². The number of ketones is 1. The van der Waals surface area contributed by atoms with Crippen molar-refractivity contribution in [1.82, 2.24) is 0 Å². The van der Waals surface area contributed by atoms with Crippen LogP contribution in [-0.2, 0) is 4.79 Å². The summed E-state index contributed by atoms with van der Waals surface area (Å²) in [5, 5.41) is 10.9. The van der Waals surface area contributed by atoms with E-state index in [4.69, 9.17) is 4.74 Å². The molecule has 1 fully saturated rings. The molecule has 6 heteroatoms. The van der Waals surface area contributed by atoms with Gasteiger partial charge in [0.15, 0.2) is 5.82 Å². The number of carbonyl (C=O) groups is 1.